The van der Waals surface area contributed by atoms with Crippen LogP contribution in [0.3, 0.4) is 0 Å². The first kappa shape index (κ1) is 15.9. The number of nitrogens with two attached hydrogens (primary N) is 1. The minimum absolute atomic E-state index is 0.0671. The number of hydrogen-bond acceptors (Lipinski definition) is 4. The van der Waals surface area contributed by atoms with E-state index >= 15 is 0 Å². The van der Waals surface area contributed by atoms with Crippen LogP contribution in [-0.2, 0) is 9.47 Å². The molecular formula is C14H30N2O2. The fourth-order valence-electron chi connectivity index (χ4n) is 2.80. The quantitative estimate of drug-likeness (QED) is 0.645. The number of rotatable bonds is 10. The van der Waals surface area contributed by atoms with Crippen molar-refractivity contribution < 1.29 is 9.47 Å². The summed E-state index contributed by atoms with van der Waals surface area (Å²) in [6, 6.07) is 0.373. The van der Waals surface area contributed by atoms with Gasteiger partial charge in [0, 0.05) is 38.9 Å². The van der Waals surface area contributed by atoms with Crippen molar-refractivity contribution in [1.29, 1.82) is 0 Å². The molecule has 1 aliphatic rings. The lowest BCUT2D eigenvalue weighted by Gasteiger charge is -2.44. The zero-order valence-corrected chi connectivity index (χ0v) is 12.4. The van der Waals surface area contributed by atoms with E-state index in [1.165, 1.54) is 19.3 Å². The number of hydrogen-bond donors (Lipinski definition) is 1. The molecule has 0 spiro atoms. The second kappa shape index (κ2) is 7.43. The lowest BCUT2D eigenvalue weighted by Crippen LogP contribution is -2.57. The van der Waals surface area contributed by atoms with Gasteiger partial charge in [0.1, 0.15) is 0 Å². The molecule has 1 rings (SSSR count). The van der Waals surface area contributed by atoms with Crippen LogP contribution in [0.5, 0.6) is 0 Å². The Hall–Kier alpha value is -0.160. The Labute approximate surface area is 112 Å². The summed E-state index contributed by atoms with van der Waals surface area (Å²) in [5, 5.41) is 0. The molecule has 2 unspecified atom stereocenters. The van der Waals surface area contributed by atoms with Crippen molar-refractivity contribution in [1.82, 2.24) is 4.90 Å². The third-order valence-corrected chi connectivity index (χ3v) is 4.03. The largest absolute Gasteiger partial charge is 0.383 e. The van der Waals surface area contributed by atoms with Gasteiger partial charge in [0.25, 0.3) is 0 Å². The predicted octanol–water partition coefficient (Wildman–Crippen LogP) is 1.49. The first-order chi connectivity index (χ1) is 8.57. The Morgan fingerprint density at radius 2 is 2.00 bits per heavy atom. The van der Waals surface area contributed by atoms with Crippen molar-refractivity contribution in [3.63, 3.8) is 0 Å². The molecule has 0 amide bonds. The molecule has 2 atom stereocenters. The fourth-order valence-corrected chi connectivity index (χ4v) is 2.80. The molecule has 0 saturated heterocycles. The van der Waals surface area contributed by atoms with Crippen LogP contribution in [0, 0.1) is 5.92 Å². The van der Waals surface area contributed by atoms with Gasteiger partial charge in [-0.3, -0.25) is 4.90 Å². The number of nitrogens with zero attached hydrogens (tertiary/aromatic N) is 1. The summed E-state index contributed by atoms with van der Waals surface area (Å²) in [5.41, 5.74) is 6.13. The average Bonchev–Trinajstić information content (AvgIpc) is 3.13. The molecule has 108 valence electrons. The normalized spacial score (nSPS) is 21.0. The first-order valence-electron chi connectivity index (χ1n) is 7.02. The van der Waals surface area contributed by atoms with Gasteiger partial charge in [-0.25, -0.2) is 0 Å². The predicted molar refractivity (Wildman–Crippen MR) is 74.7 cm³/mol. The summed E-state index contributed by atoms with van der Waals surface area (Å²) in [5.74, 6) is 0.873. The van der Waals surface area contributed by atoms with Crippen LogP contribution in [0.15, 0.2) is 0 Å². The molecule has 0 radical (unpaired) electrons. The summed E-state index contributed by atoms with van der Waals surface area (Å²) in [7, 11) is 3.51. The van der Waals surface area contributed by atoms with E-state index in [0.717, 1.165) is 25.7 Å². The second-order valence-electron chi connectivity index (χ2n) is 5.84. The van der Waals surface area contributed by atoms with Gasteiger partial charge >= 0.3 is 0 Å². The minimum Gasteiger partial charge on any atom is -0.383 e. The van der Waals surface area contributed by atoms with Crippen LogP contribution in [0.2, 0.25) is 0 Å². The molecule has 1 saturated carbocycles. The summed E-state index contributed by atoms with van der Waals surface area (Å²) < 4.78 is 10.5. The molecule has 0 bridgehead atoms. The van der Waals surface area contributed by atoms with Crippen molar-refractivity contribution in [3.8, 4) is 0 Å². The molecule has 2 N–H and O–H groups in total. The second-order valence-corrected chi connectivity index (χ2v) is 5.84. The Morgan fingerprint density at radius 1 is 1.33 bits per heavy atom. The lowest BCUT2D eigenvalue weighted by molar-refractivity contribution is 0.00122. The van der Waals surface area contributed by atoms with E-state index in [-0.39, 0.29) is 5.54 Å². The average molecular weight is 258 g/mol. The molecule has 1 aliphatic carbocycles. The highest BCUT2D eigenvalue weighted by Crippen LogP contribution is 2.39. The Balaban J connectivity index is 2.68. The van der Waals surface area contributed by atoms with Gasteiger partial charge in [-0.05, 0) is 26.2 Å². The van der Waals surface area contributed by atoms with Gasteiger partial charge < -0.3 is 15.2 Å². The van der Waals surface area contributed by atoms with Crippen LogP contribution in [0.4, 0.5) is 0 Å². The molecule has 4 heteroatoms. The standard InChI is InChI=1S/C14H30N2O2/c1-12(10-18-4)16(7-8-17-3)14(2,11-15)9-13-5-6-13/h12-13H,5-11,15H2,1-4H3. The maximum atomic E-state index is 6.07. The van der Waals surface area contributed by atoms with E-state index < -0.39 is 0 Å². The Morgan fingerprint density at radius 3 is 2.44 bits per heavy atom. The van der Waals surface area contributed by atoms with E-state index in [9.17, 15) is 0 Å². The molecule has 0 aromatic heterocycles. The number of methoxy groups -OCH3 is 2. The van der Waals surface area contributed by atoms with E-state index in [1.807, 2.05) is 0 Å². The molecular weight excluding hydrogens is 228 g/mol. The zero-order valence-electron chi connectivity index (χ0n) is 12.4. The van der Waals surface area contributed by atoms with Crippen LogP contribution in [-0.4, -0.2) is 57.0 Å². The van der Waals surface area contributed by atoms with E-state index in [2.05, 4.69) is 18.7 Å². The third kappa shape index (κ3) is 4.50. The summed E-state index contributed by atoms with van der Waals surface area (Å²) in [6.45, 7) is 7.59. The van der Waals surface area contributed by atoms with Gasteiger partial charge in [0.2, 0.25) is 0 Å². The Kier molecular flexibility index (Phi) is 6.57. The molecule has 1 fully saturated rings. The summed E-state index contributed by atoms with van der Waals surface area (Å²) in [6.07, 6.45) is 3.93. The van der Waals surface area contributed by atoms with Crippen molar-refractivity contribution in [2.24, 2.45) is 11.7 Å². The van der Waals surface area contributed by atoms with Gasteiger partial charge in [-0.15, -0.1) is 0 Å². The molecule has 0 heterocycles. The van der Waals surface area contributed by atoms with E-state index in [0.29, 0.717) is 12.6 Å². The molecule has 4 nitrogen and oxygen atoms in total. The van der Waals surface area contributed by atoms with Crippen molar-refractivity contribution >= 4 is 0 Å². The molecule has 0 aromatic carbocycles. The summed E-state index contributed by atoms with van der Waals surface area (Å²) in [4.78, 5) is 2.47. The smallest absolute Gasteiger partial charge is 0.0615 e. The van der Waals surface area contributed by atoms with Gasteiger partial charge in [-0.2, -0.15) is 0 Å². The highest BCUT2D eigenvalue weighted by Gasteiger charge is 2.38. The van der Waals surface area contributed by atoms with Crippen LogP contribution in [0.1, 0.15) is 33.1 Å². The van der Waals surface area contributed by atoms with E-state index in [1.54, 1.807) is 14.2 Å². The maximum Gasteiger partial charge on any atom is 0.0615 e. The molecule has 18 heavy (non-hydrogen) atoms. The summed E-state index contributed by atoms with van der Waals surface area (Å²) >= 11 is 0. The maximum absolute atomic E-state index is 6.07. The van der Waals surface area contributed by atoms with Crippen LogP contribution in [0.25, 0.3) is 0 Å². The van der Waals surface area contributed by atoms with Gasteiger partial charge in [0.15, 0.2) is 0 Å². The van der Waals surface area contributed by atoms with Crippen molar-refractivity contribution in [3.05, 3.63) is 0 Å². The van der Waals surface area contributed by atoms with E-state index in [4.69, 9.17) is 15.2 Å². The highest BCUT2D eigenvalue weighted by molar-refractivity contribution is 4.94. The monoisotopic (exact) mass is 258 g/mol. The van der Waals surface area contributed by atoms with Crippen LogP contribution >= 0.6 is 0 Å². The molecule has 0 aliphatic heterocycles. The van der Waals surface area contributed by atoms with Crippen molar-refractivity contribution in [2.75, 3.05) is 40.5 Å². The number of ether oxygens (including phenoxy) is 2. The SMILES string of the molecule is COCCN(C(C)COC)C(C)(CN)CC1CC1. The first-order valence-corrected chi connectivity index (χ1v) is 7.02. The fraction of sp³-hybridized carbons (Fsp3) is 1.00. The molecule has 0 aromatic rings. The highest BCUT2D eigenvalue weighted by atomic mass is 16.5. The zero-order chi connectivity index (χ0) is 13.6. The van der Waals surface area contributed by atoms with Crippen molar-refractivity contribution in [2.45, 2.75) is 44.7 Å². The Bertz CT molecular complexity index is 234. The minimum atomic E-state index is 0.0671. The lowest BCUT2D eigenvalue weighted by atomic mass is 9.91. The van der Waals surface area contributed by atoms with Crippen LogP contribution < -0.4 is 5.73 Å². The topological polar surface area (TPSA) is 47.7 Å². The van der Waals surface area contributed by atoms with Gasteiger partial charge in [-0.1, -0.05) is 12.8 Å². The third-order valence-electron chi connectivity index (χ3n) is 4.03. The van der Waals surface area contributed by atoms with Gasteiger partial charge in [0.05, 0.1) is 13.2 Å².